The number of rotatable bonds is 7. The van der Waals surface area contributed by atoms with Crippen LogP contribution in [0.5, 0.6) is 0 Å². The van der Waals surface area contributed by atoms with Crippen molar-refractivity contribution in [3.8, 4) is 0 Å². The van der Waals surface area contributed by atoms with Gasteiger partial charge in [-0.15, -0.1) is 11.3 Å². The standard InChI is InChI=1S/C13H23N3OS/c1-17-8-5-14-10-12-4-2-3-7-16(12)11-13-15-6-9-18-13/h6,9,12,14H,2-5,7-8,10-11H2,1H3. The third kappa shape index (κ3) is 4.31. The molecule has 1 N–H and O–H groups in total. The first-order chi connectivity index (χ1) is 8.90. The number of hydrogen-bond acceptors (Lipinski definition) is 5. The molecule has 18 heavy (non-hydrogen) atoms. The van der Waals surface area contributed by atoms with E-state index in [0.717, 1.165) is 26.2 Å². The number of hydrogen-bond donors (Lipinski definition) is 1. The zero-order valence-corrected chi connectivity index (χ0v) is 11.9. The highest BCUT2D eigenvalue weighted by molar-refractivity contribution is 7.09. The number of nitrogens with one attached hydrogen (secondary N) is 1. The Morgan fingerprint density at radius 2 is 2.50 bits per heavy atom. The summed E-state index contributed by atoms with van der Waals surface area (Å²) in [7, 11) is 1.75. The molecule has 5 heteroatoms. The molecule has 0 aromatic carbocycles. The van der Waals surface area contributed by atoms with E-state index in [1.165, 1.54) is 30.8 Å². The lowest BCUT2D eigenvalue weighted by Crippen LogP contribution is -2.45. The first kappa shape index (κ1) is 13.9. The number of thiazole rings is 1. The summed E-state index contributed by atoms with van der Waals surface area (Å²) in [6.45, 7) is 5.01. The first-order valence-corrected chi connectivity index (χ1v) is 7.60. The fraction of sp³-hybridized carbons (Fsp3) is 0.769. The number of methoxy groups -OCH3 is 1. The van der Waals surface area contributed by atoms with Crippen LogP contribution >= 0.6 is 11.3 Å². The Bertz CT molecular complexity index is 318. The SMILES string of the molecule is COCCNCC1CCCCN1Cc1nccs1. The molecule has 4 nitrogen and oxygen atoms in total. The summed E-state index contributed by atoms with van der Waals surface area (Å²) in [4.78, 5) is 6.96. The maximum absolute atomic E-state index is 5.06. The third-order valence-corrected chi connectivity index (χ3v) is 4.20. The van der Waals surface area contributed by atoms with Gasteiger partial charge in [-0.3, -0.25) is 4.90 Å². The van der Waals surface area contributed by atoms with Gasteiger partial charge in [-0.2, -0.15) is 0 Å². The van der Waals surface area contributed by atoms with Crippen molar-refractivity contribution in [2.24, 2.45) is 0 Å². The molecule has 1 aliphatic rings. The molecule has 0 amide bonds. The van der Waals surface area contributed by atoms with Crippen molar-refractivity contribution in [1.29, 1.82) is 0 Å². The minimum absolute atomic E-state index is 0.652. The summed E-state index contributed by atoms with van der Waals surface area (Å²) in [5, 5.41) is 6.78. The van der Waals surface area contributed by atoms with E-state index in [4.69, 9.17) is 4.74 Å². The summed E-state index contributed by atoms with van der Waals surface area (Å²) < 4.78 is 5.06. The molecule has 1 aliphatic heterocycles. The van der Waals surface area contributed by atoms with E-state index in [2.05, 4.69) is 20.6 Å². The van der Waals surface area contributed by atoms with Crippen LogP contribution in [0.2, 0.25) is 0 Å². The highest BCUT2D eigenvalue weighted by Gasteiger charge is 2.22. The summed E-state index contributed by atoms with van der Waals surface area (Å²) in [6.07, 6.45) is 5.87. The molecule has 1 unspecified atom stereocenters. The predicted molar refractivity (Wildman–Crippen MR) is 74.9 cm³/mol. The molecular weight excluding hydrogens is 246 g/mol. The van der Waals surface area contributed by atoms with Gasteiger partial charge in [-0.1, -0.05) is 6.42 Å². The molecule has 1 atom stereocenters. The fourth-order valence-electron chi connectivity index (χ4n) is 2.45. The normalized spacial score (nSPS) is 21.3. The van der Waals surface area contributed by atoms with Gasteiger partial charge in [0.05, 0.1) is 13.2 Å². The Kier molecular flexibility index (Phi) is 6.07. The van der Waals surface area contributed by atoms with Gasteiger partial charge in [-0.05, 0) is 19.4 Å². The molecule has 0 radical (unpaired) electrons. The van der Waals surface area contributed by atoms with Crippen molar-refractivity contribution in [3.05, 3.63) is 16.6 Å². The quantitative estimate of drug-likeness (QED) is 0.765. The molecular formula is C13H23N3OS. The molecule has 2 heterocycles. The van der Waals surface area contributed by atoms with Crippen LogP contribution in [-0.2, 0) is 11.3 Å². The molecule has 2 rings (SSSR count). The Hall–Kier alpha value is -0.490. The van der Waals surface area contributed by atoms with Crippen molar-refractivity contribution in [2.75, 3.05) is 33.4 Å². The highest BCUT2D eigenvalue weighted by atomic mass is 32.1. The van der Waals surface area contributed by atoms with Gasteiger partial charge in [-0.25, -0.2) is 4.98 Å². The van der Waals surface area contributed by atoms with Crippen LogP contribution in [0.3, 0.4) is 0 Å². The lowest BCUT2D eigenvalue weighted by Gasteiger charge is -2.35. The molecule has 1 fully saturated rings. The van der Waals surface area contributed by atoms with Crippen LogP contribution in [0.1, 0.15) is 24.3 Å². The molecule has 1 saturated heterocycles. The van der Waals surface area contributed by atoms with Crippen LogP contribution in [0.4, 0.5) is 0 Å². The number of likely N-dealkylation sites (tertiary alicyclic amines) is 1. The summed E-state index contributed by atoms with van der Waals surface area (Å²) in [6, 6.07) is 0.652. The first-order valence-electron chi connectivity index (χ1n) is 6.72. The summed E-state index contributed by atoms with van der Waals surface area (Å²) >= 11 is 1.76. The fourth-order valence-corrected chi connectivity index (χ4v) is 3.09. The maximum atomic E-state index is 5.06. The minimum atomic E-state index is 0.652. The van der Waals surface area contributed by atoms with Crippen molar-refractivity contribution >= 4 is 11.3 Å². The van der Waals surface area contributed by atoms with Gasteiger partial charge in [0, 0.05) is 37.8 Å². The molecule has 0 bridgehead atoms. The Morgan fingerprint density at radius 1 is 1.56 bits per heavy atom. The second kappa shape index (κ2) is 7.84. The molecule has 0 saturated carbocycles. The maximum Gasteiger partial charge on any atom is 0.107 e. The van der Waals surface area contributed by atoms with Gasteiger partial charge in [0.2, 0.25) is 0 Å². The number of ether oxygens (including phenoxy) is 1. The van der Waals surface area contributed by atoms with E-state index in [1.807, 2.05) is 6.20 Å². The van der Waals surface area contributed by atoms with E-state index < -0.39 is 0 Å². The average Bonchev–Trinajstić information content (AvgIpc) is 2.89. The van der Waals surface area contributed by atoms with Gasteiger partial charge in [0.25, 0.3) is 0 Å². The van der Waals surface area contributed by atoms with Crippen LogP contribution in [-0.4, -0.2) is 49.3 Å². The van der Waals surface area contributed by atoms with Crippen LogP contribution in [0, 0.1) is 0 Å². The smallest absolute Gasteiger partial charge is 0.107 e. The molecule has 102 valence electrons. The van der Waals surface area contributed by atoms with Crippen molar-refractivity contribution in [3.63, 3.8) is 0 Å². The number of aromatic nitrogens is 1. The molecule has 1 aromatic heterocycles. The Labute approximate surface area is 113 Å². The zero-order chi connectivity index (χ0) is 12.6. The highest BCUT2D eigenvalue weighted by Crippen LogP contribution is 2.19. The number of piperidine rings is 1. The van der Waals surface area contributed by atoms with Crippen LogP contribution < -0.4 is 5.32 Å². The second-order valence-corrected chi connectivity index (χ2v) is 5.72. The Morgan fingerprint density at radius 3 is 3.28 bits per heavy atom. The molecule has 0 spiro atoms. The third-order valence-electron chi connectivity index (χ3n) is 3.43. The predicted octanol–water partition coefficient (Wildman–Crippen LogP) is 1.73. The minimum Gasteiger partial charge on any atom is -0.383 e. The van der Waals surface area contributed by atoms with Crippen LogP contribution in [0.15, 0.2) is 11.6 Å². The lowest BCUT2D eigenvalue weighted by molar-refractivity contribution is 0.133. The average molecular weight is 269 g/mol. The molecule has 0 aliphatic carbocycles. The summed E-state index contributed by atoms with van der Waals surface area (Å²) in [5.74, 6) is 0. The zero-order valence-electron chi connectivity index (χ0n) is 11.1. The van der Waals surface area contributed by atoms with Crippen molar-refractivity contribution < 1.29 is 4.74 Å². The van der Waals surface area contributed by atoms with E-state index in [1.54, 1.807) is 18.4 Å². The topological polar surface area (TPSA) is 37.4 Å². The largest absolute Gasteiger partial charge is 0.383 e. The van der Waals surface area contributed by atoms with Crippen LogP contribution in [0.25, 0.3) is 0 Å². The van der Waals surface area contributed by atoms with Gasteiger partial charge < -0.3 is 10.1 Å². The van der Waals surface area contributed by atoms with Crippen molar-refractivity contribution in [2.45, 2.75) is 31.8 Å². The summed E-state index contributed by atoms with van der Waals surface area (Å²) in [5.41, 5.74) is 0. The number of nitrogens with zero attached hydrogens (tertiary/aromatic N) is 2. The lowest BCUT2D eigenvalue weighted by atomic mass is 10.0. The van der Waals surface area contributed by atoms with Gasteiger partial charge in [0.1, 0.15) is 5.01 Å². The van der Waals surface area contributed by atoms with Gasteiger partial charge >= 0.3 is 0 Å². The second-order valence-electron chi connectivity index (χ2n) is 4.74. The molecule has 1 aromatic rings. The van der Waals surface area contributed by atoms with E-state index in [9.17, 15) is 0 Å². The van der Waals surface area contributed by atoms with E-state index in [-0.39, 0.29) is 0 Å². The monoisotopic (exact) mass is 269 g/mol. The van der Waals surface area contributed by atoms with Gasteiger partial charge in [0.15, 0.2) is 0 Å². The van der Waals surface area contributed by atoms with Crippen molar-refractivity contribution in [1.82, 2.24) is 15.2 Å². The Balaban J connectivity index is 1.78. The van der Waals surface area contributed by atoms with E-state index in [0.29, 0.717) is 6.04 Å². The van der Waals surface area contributed by atoms with E-state index >= 15 is 0 Å².